The van der Waals surface area contributed by atoms with E-state index in [9.17, 15) is 26.0 Å². The fraction of sp³-hybridized carbons (Fsp3) is 0.182. The molecule has 3 rings (SSSR count). The van der Waals surface area contributed by atoms with E-state index in [1.807, 2.05) is 4.72 Å². The molecular weight excluding hydrogens is 464 g/mol. The van der Waals surface area contributed by atoms with Gasteiger partial charge in [0, 0.05) is 19.7 Å². The minimum Gasteiger partial charge on any atom is -0.494 e. The van der Waals surface area contributed by atoms with E-state index >= 15 is 0 Å². The van der Waals surface area contributed by atoms with Gasteiger partial charge in [-0.3, -0.25) is 4.72 Å². The molecule has 6 nitrogen and oxygen atoms in total. The Hall–Kier alpha value is -3.47. The van der Waals surface area contributed by atoms with Crippen LogP contribution < -0.4 is 19.1 Å². The van der Waals surface area contributed by atoms with Crippen LogP contribution in [0.2, 0.25) is 0 Å². The van der Waals surface area contributed by atoms with Crippen LogP contribution in [0.4, 0.5) is 28.9 Å². The Labute approximate surface area is 188 Å². The SMILES string of the molecule is COc1cc(-c2c(F)c(F)c(F)c(F)c2NS(=O)(=O)c2ccccc2)cc(OC)c1N(C)C. The third kappa shape index (κ3) is 4.40. The van der Waals surface area contributed by atoms with Crippen LogP contribution in [0, 0.1) is 23.3 Å². The molecule has 0 radical (unpaired) electrons. The van der Waals surface area contributed by atoms with Gasteiger partial charge in [-0.2, -0.15) is 0 Å². The Balaban J connectivity index is 2.34. The average molecular weight is 484 g/mol. The molecule has 0 aromatic heterocycles. The van der Waals surface area contributed by atoms with Crippen LogP contribution in [0.25, 0.3) is 11.1 Å². The van der Waals surface area contributed by atoms with E-state index in [-0.39, 0.29) is 22.0 Å². The minimum atomic E-state index is -4.48. The Morgan fingerprint density at radius 1 is 0.818 bits per heavy atom. The number of benzene rings is 3. The molecule has 11 heteroatoms. The van der Waals surface area contributed by atoms with E-state index < -0.39 is 44.5 Å². The molecule has 176 valence electrons. The molecule has 0 aliphatic rings. The molecule has 0 unspecified atom stereocenters. The van der Waals surface area contributed by atoms with Gasteiger partial charge in [0.25, 0.3) is 10.0 Å². The quantitative estimate of drug-likeness (QED) is 0.297. The number of nitrogens with zero attached hydrogens (tertiary/aromatic N) is 1. The smallest absolute Gasteiger partial charge is 0.262 e. The number of rotatable bonds is 7. The predicted octanol–water partition coefficient (Wildman–Crippen LogP) is 4.79. The third-order valence-electron chi connectivity index (χ3n) is 4.77. The molecule has 0 aliphatic carbocycles. The molecule has 0 atom stereocenters. The highest BCUT2D eigenvalue weighted by Crippen LogP contribution is 2.45. The number of hydrogen-bond acceptors (Lipinski definition) is 5. The van der Waals surface area contributed by atoms with E-state index in [0.717, 1.165) is 0 Å². The molecule has 0 aliphatic heterocycles. The molecule has 0 bridgehead atoms. The minimum absolute atomic E-state index is 0.135. The van der Waals surface area contributed by atoms with Gasteiger partial charge in [0.05, 0.1) is 24.8 Å². The van der Waals surface area contributed by atoms with E-state index in [4.69, 9.17) is 9.47 Å². The first-order valence-electron chi connectivity index (χ1n) is 9.41. The zero-order chi connectivity index (χ0) is 24.5. The molecule has 0 saturated heterocycles. The fourth-order valence-corrected chi connectivity index (χ4v) is 4.36. The lowest BCUT2D eigenvalue weighted by Gasteiger charge is -2.22. The first-order chi connectivity index (χ1) is 15.5. The van der Waals surface area contributed by atoms with E-state index in [0.29, 0.717) is 5.69 Å². The van der Waals surface area contributed by atoms with Crippen molar-refractivity contribution in [3.05, 3.63) is 65.7 Å². The monoisotopic (exact) mass is 484 g/mol. The number of hydrogen-bond donors (Lipinski definition) is 1. The number of nitrogens with one attached hydrogen (secondary N) is 1. The largest absolute Gasteiger partial charge is 0.494 e. The van der Waals surface area contributed by atoms with Crippen molar-refractivity contribution in [1.29, 1.82) is 0 Å². The van der Waals surface area contributed by atoms with Crippen molar-refractivity contribution >= 4 is 21.4 Å². The normalized spacial score (nSPS) is 11.3. The van der Waals surface area contributed by atoms with Gasteiger partial charge >= 0.3 is 0 Å². The van der Waals surface area contributed by atoms with Crippen LogP contribution in [-0.4, -0.2) is 36.7 Å². The molecule has 3 aromatic carbocycles. The van der Waals surface area contributed by atoms with E-state index in [1.54, 1.807) is 25.1 Å². The Morgan fingerprint density at radius 2 is 1.33 bits per heavy atom. The molecule has 0 heterocycles. The summed E-state index contributed by atoms with van der Waals surface area (Å²) < 4.78 is 96.1. The van der Waals surface area contributed by atoms with Crippen LogP contribution in [0.15, 0.2) is 47.4 Å². The third-order valence-corrected chi connectivity index (χ3v) is 6.14. The summed E-state index contributed by atoms with van der Waals surface area (Å²) >= 11 is 0. The second-order valence-electron chi connectivity index (χ2n) is 7.05. The Kier molecular flexibility index (Phi) is 6.73. The van der Waals surface area contributed by atoms with Crippen molar-refractivity contribution in [3.63, 3.8) is 0 Å². The number of sulfonamides is 1. The summed E-state index contributed by atoms with van der Waals surface area (Å²) in [7, 11) is 1.50. The lowest BCUT2D eigenvalue weighted by molar-refractivity contribution is 0.395. The van der Waals surface area contributed by atoms with Crippen LogP contribution in [0.3, 0.4) is 0 Å². The summed E-state index contributed by atoms with van der Waals surface area (Å²) in [5.41, 5.74) is -1.74. The average Bonchev–Trinajstić information content (AvgIpc) is 2.80. The lowest BCUT2D eigenvalue weighted by Crippen LogP contribution is -2.17. The molecule has 33 heavy (non-hydrogen) atoms. The highest BCUT2D eigenvalue weighted by Gasteiger charge is 2.30. The van der Waals surface area contributed by atoms with Crippen LogP contribution in [0.5, 0.6) is 11.5 Å². The maximum absolute atomic E-state index is 15.0. The predicted molar refractivity (Wildman–Crippen MR) is 116 cm³/mol. The van der Waals surface area contributed by atoms with Crippen LogP contribution in [-0.2, 0) is 10.0 Å². The van der Waals surface area contributed by atoms with Crippen LogP contribution in [0.1, 0.15) is 0 Å². The maximum atomic E-state index is 15.0. The lowest BCUT2D eigenvalue weighted by atomic mass is 10.0. The van der Waals surface area contributed by atoms with Gasteiger partial charge in [0.1, 0.15) is 17.2 Å². The summed E-state index contributed by atoms with van der Waals surface area (Å²) in [5, 5.41) is 0. The summed E-state index contributed by atoms with van der Waals surface area (Å²) in [4.78, 5) is 1.33. The van der Waals surface area contributed by atoms with Crippen molar-refractivity contribution in [2.75, 3.05) is 37.9 Å². The van der Waals surface area contributed by atoms with Gasteiger partial charge in [0.2, 0.25) is 0 Å². The molecule has 3 aromatic rings. The van der Waals surface area contributed by atoms with Crippen molar-refractivity contribution in [2.24, 2.45) is 0 Å². The molecular formula is C22H20F4N2O4S. The Bertz CT molecular complexity index is 1270. The zero-order valence-electron chi connectivity index (χ0n) is 18.0. The standard InChI is InChI=1S/C22H20F4N2O4S/c1-28(2)22-14(31-3)10-12(11-15(22)32-4)16-17(23)18(24)19(25)20(26)21(16)27-33(29,30)13-8-6-5-7-9-13/h5-11,27H,1-4H3. The van der Waals surface area contributed by atoms with Gasteiger partial charge in [-0.15, -0.1) is 0 Å². The number of methoxy groups -OCH3 is 2. The molecule has 0 spiro atoms. The zero-order valence-corrected chi connectivity index (χ0v) is 18.9. The van der Waals surface area contributed by atoms with Gasteiger partial charge in [-0.25, -0.2) is 26.0 Å². The number of halogens is 4. The van der Waals surface area contributed by atoms with Crippen molar-refractivity contribution in [3.8, 4) is 22.6 Å². The topological polar surface area (TPSA) is 67.9 Å². The first kappa shape index (κ1) is 24.2. The summed E-state index contributed by atoms with van der Waals surface area (Å²) in [5.74, 6) is -7.68. The summed E-state index contributed by atoms with van der Waals surface area (Å²) in [6.45, 7) is 0. The molecule has 1 N–H and O–H groups in total. The van der Waals surface area contributed by atoms with Crippen molar-refractivity contribution in [2.45, 2.75) is 4.90 Å². The molecule has 0 fully saturated rings. The second-order valence-corrected chi connectivity index (χ2v) is 8.73. The van der Waals surface area contributed by atoms with Gasteiger partial charge in [0.15, 0.2) is 23.3 Å². The highest BCUT2D eigenvalue weighted by atomic mass is 32.2. The van der Waals surface area contributed by atoms with E-state index in [2.05, 4.69) is 0 Å². The second kappa shape index (κ2) is 9.18. The number of ether oxygens (including phenoxy) is 2. The van der Waals surface area contributed by atoms with Gasteiger partial charge < -0.3 is 14.4 Å². The van der Waals surface area contributed by atoms with Gasteiger partial charge in [-0.1, -0.05) is 18.2 Å². The fourth-order valence-electron chi connectivity index (χ4n) is 3.27. The van der Waals surface area contributed by atoms with E-state index in [1.165, 1.54) is 50.6 Å². The number of anilines is 2. The molecule has 0 saturated carbocycles. The first-order valence-corrected chi connectivity index (χ1v) is 10.9. The molecule has 0 amide bonds. The summed E-state index contributed by atoms with van der Waals surface area (Å²) in [6.07, 6.45) is 0. The summed E-state index contributed by atoms with van der Waals surface area (Å²) in [6, 6.07) is 9.23. The highest BCUT2D eigenvalue weighted by molar-refractivity contribution is 7.92. The van der Waals surface area contributed by atoms with Crippen LogP contribution >= 0.6 is 0 Å². The van der Waals surface area contributed by atoms with Crippen molar-refractivity contribution < 1.29 is 35.5 Å². The van der Waals surface area contributed by atoms with Gasteiger partial charge in [-0.05, 0) is 29.8 Å². The Morgan fingerprint density at radius 3 is 1.82 bits per heavy atom. The maximum Gasteiger partial charge on any atom is 0.262 e. The van der Waals surface area contributed by atoms with Crippen molar-refractivity contribution in [1.82, 2.24) is 0 Å².